The van der Waals surface area contributed by atoms with E-state index in [2.05, 4.69) is 5.32 Å². The van der Waals surface area contributed by atoms with Crippen molar-refractivity contribution in [2.75, 3.05) is 26.6 Å². The zero-order chi connectivity index (χ0) is 13.7. The van der Waals surface area contributed by atoms with E-state index in [4.69, 9.17) is 19.9 Å². The van der Waals surface area contributed by atoms with E-state index >= 15 is 0 Å². The zero-order valence-corrected chi connectivity index (χ0v) is 10.9. The third kappa shape index (κ3) is 2.84. The summed E-state index contributed by atoms with van der Waals surface area (Å²) in [5, 5.41) is 2.66. The van der Waals surface area contributed by atoms with Crippen LogP contribution < -0.4 is 25.3 Å². The average Bonchev–Trinajstić information content (AvgIpc) is 2.37. The summed E-state index contributed by atoms with van der Waals surface area (Å²) < 4.78 is 15.6. The first-order chi connectivity index (χ1) is 8.54. The van der Waals surface area contributed by atoms with Gasteiger partial charge in [0.25, 0.3) is 0 Å². The number of ether oxygens (including phenoxy) is 3. The number of benzene rings is 1. The molecule has 0 unspecified atom stereocenters. The molecule has 1 rings (SSSR count). The van der Waals surface area contributed by atoms with Gasteiger partial charge in [0.05, 0.1) is 33.1 Å². The van der Waals surface area contributed by atoms with Crippen molar-refractivity contribution >= 4 is 11.6 Å². The minimum absolute atomic E-state index is 0.305. The number of hydrogen-bond donors (Lipinski definition) is 2. The number of anilines is 1. The van der Waals surface area contributed by atoms with Gasteiger partial charge in [0.15, 0.2) is 11.5 Å². The van der Waals surface area contributed by atoms with Gasteiger partial charge in [0.1, 0.15) is 0 Å². The lowest BCUT2D eigenvalue weighted by atomic mass is 10.2. The van der Waals surface area contributed by atoms with Gasteiger partial charge in [0.2, 0.25) is 11.7 Å². The fraction of sp³-hybridized carbons (Fsp3) is 0.417. The van der Waals surface area contributed by atoms with Gasteiger partial charge < -0.3 is 25.3 Å². The van der Waals surface area contributed by atoms with E-state index < -0.39 is 6.04 Å². The monoisotopic (exact) mass is 254 g/mol. The Kier molecular flexibility index (Phi) is 4.79. The van der Waals surface area contributed by atoms with Crippen molar-refractivity contribution in [3.8, 4) is 17.2 Å². The van der Waals surface area contributed by atoms with Crippen molar-refractivity contribution in [2.45, 2.75) is 13.0 Å². The molecule has 1 atom stereocenters. The van der Waals surface area contributed by atoms with Crippen LogP contribution in [0.2, 0.25) is 0 Å². The van der Waals surface area contributed by atoms with E-state index in [1.807, 2.05) is 0 Å². The molecule has 0 aliphatic carbocycles. The fourth-order valence-electron chi connectivity index (χ4n) is 1.45. The molecule has 6 nitrogen and oxygen atoms in total. The second-order valence-electron chi connectivity index (χ2n) is 3.66. The molecular formula is C12H18N2O4. The van der Waals surface area contributed by atoms with Crippen molar-refractivity contribution in [3.63, 3.8) is 0 Å². The second kappa shape index (κ2) is 6.11. The molecule has 0 spiro atoms. The summed E-state index contributed by atoms with van der Waals surface area (Å²) in [6.45, 7) is 1.60. The van der Waals surface area contributed by atoms with E-state index in [1.54, 1.807) is 19.1 Å². The first-order valence-corrected chi connectivity index (χ1v) is 5.40. The predicted molar refractivity (Wildman–Crippen MR) is 68.4 cm³/mol. The maximum absolute atomic E-state index is 11.6. The van der Waals surface area contributed by atoms with Crippen molar-refractivity contribution in [2.24, 2.45) is 5.73 Å². The number of methoxy groups -OCH3 is 3. The van der Waals surface area contributed by atoms with Crippen molar-refractivity contribution < 1.29 is 19.0 Å². The first kappa shape index (κ1) is 14.1. The largest absolute Gasteiger partial charge is 0.493 e. The minimum Gasteiger partial charge on any atom is -0.493 e. The molecule has 3 N–H and O–H groups in total. The van der Waals surface area contributed by atoms with Gasteiger partial charge in [-0.05, 0) is 19.1 Å². The molecule has 0 heterocycles. The second-order valence-corrected chi connectivity index (χ2v) is 3.66. The Morgan fingerprint density at radius 3 is 2.22 bits per heavy atom. The molecular weight excluding hydrogens is 236 g/mol. The van der Waals surface area contributed by atoms with Gasteiger partial charge in [-0.15, -0.1) is 0 Å². The van der Waals surface area contributed by atoms with Gasteiger partial charge in [-0.2, -0.15) is 0 Å². The summed E-state index contributed by atoms with van der Waals surface area (Å²) in [4.78, 5) is 11.6. The molecule has 0 aliphatic heterocycles. The summed E-state index contributed by atoms with van der Waals surface area (Å²) in [6.07, 6.45) is 0. The molecule has 100 valence electrons. The van der Waals surface area contributed by atoms with Crippen molar-refractivity contribution in [3.05, 3.63) is 12.1 Å². The molecule has 1 aromatic carbocycles. The fourth-order valence-corrected chi connectivity index (χ4v) is 1.45. The highest BCUT2D eigenvalue weighted by Gasteiger charge is 2.18. The lowest BCUT2D eigenvalue weighted by Crippen LogP contribution is -2.32. The molecule has 0 aliphatic rings. The standard InChI is InChI=1S/C12H18N2O4/c1-7(13)12(15)14-8-5-6-9(16-2)11(18-4)10(8)17-3/h5-7H,13H2,1-4H3,(H,14,15)/t7-/m1/s1. The van der Waals surface area contributed by atoms with Crippen LogP contribution in [-0.2, 0) is 4.79 Å². The Balaban J connectivity index is 3.16. The number of nitrogens with one attached hydrogen (secondary N) is 1. The minimum atomic E-state index is -0.609. The maximum Gasteiger partial charge on any atom is 0.241 e. The van der Waals surface area contributed by atoms with Crippen LogP contribution in [0.4, 0.5) is 5.69 Å². The quantitative estimate of drug-likeness (QED) is 0.819. The van der Waals surface area contributed by atoms with Crippen LogP contribution in [0.1, 0.15) is 6.92 Å². The number of rotatable bonds is 5. The smallest absolute Gasteiger partial charge is 0.241 e. The molecule has 0 aromatic heterocycles. The Morgan fingerprint density at radius 2 is 1.78 bits per heavy atom. The SMILES string of the molecule is COc1ccc(NC(=O)[C@@H](C)N)c(OC)c1OC. The lowest BCUT2D eigenvalue weighted by molar-refractivity contribution is -0.117. The average molecular weight is 254 g/mol. The van der Waals surface area contributed by atoms with Gasteiger partial charge >= 0.3 is 0 Å². The van der Waals surface area contributed by atoms with Gasteiger partial charge in [0, 0.05) is 0 Å². The molecule has 0 saturated carbocycles. The van der Waals surface area contributed by atoms with Gasteiger partial charge in [-0.3, -0.25) is 4.79 Å². The number of carbonyl (C=O) groups excluding carboxylic acids is 1. The van der Waals surface area contributed by atoms with Crippen LogP contribution in [0.15, 0.2) is 12.1 Å². The summed E-state index contributed by atoms with van der Waals surface area (Å²) in [6, 6.07) is 2.74. The van der Waals surface area contributed by atoms with Crippen molar-refractivity contribution in [1.82, 2.24) is 0 Å². The molecule has 18 heavy (non-hydrogen) atoms. The molecule has 0 fully saturated rings. The normalized spacial score (nSPS) is 11.6. The van der Waals surface area contributed by atoms with Crippen LogP contribution in [0.25, 0.3) is 0 Å². The van der Waals surface area contributed by atoms with E-state index in [9.17, 15) is 4.79 Å². The number of amides is 1. The predicted octanol–water partition coefficient (Wildman–Crippen LogP) is 0.998. The van der Waals surface area contributed by atoms with Crippen LogP contribution in [-0.4, -0.2) is 33.3 Å². The molecule has 0 saturated heterocycles. The van der Waals surface area contributed by atoms with Crippen LogP contribution in [0, 0.1) is 0 Å². The highest BCUT2D eigenvalue weighted by atomic mass is 16.5. The van der Waals surface area contributed by atoms with Gasteiger partial charge in [-0.1, -0.05) is 0 Å². The van der Waals surface area contributed by atoms with E-state index in [0.29, 0.717) is 22.9 Å². The Labute approximate surface area is 106 Å². The third-order valence-electron chi connectivity index (χ3n) is 2.38. The molecule has 1 aromatic rings. The lowest BCUT2D eigenvalue weighted by Gasteiger charge is -2.16. The van der Waals surface area contributed by atoms with Gasteiger partial charge in [-0.25, -0.2) is 0 Å². The third-order valence-corrected chi connectivity index (χ3v) is 2.38. The highest BCUT2D eigenvalue weighted by Crippen LogP contribution is 2.42. The summed E-state index contributed by atoms with van der Waals surface area (Å²) in [5.41, 5.74) is 5.98. The van der Waals surface area contributed by atoms with Crippen molar-refractivity contribution in [1.29, 1.82) is 0 Å². The number of nitrogens with two attached hydrogens (primary N) is 1. The zero-order valence-electron chi connectivity index (χ0n) is 10.9. The summed E-state index contributed by atoms with van der Waals surface area (Å²) in [5.74, 6) is 1.03. The number of carbonyl (C=O) groups is 1. The Bertz CT molecular complexity index is 432. The molecule has 6 heteroatoms. The molecule has 0 bridgehead atoms. The van der Waals surface area contributed by atoms with E-state index in [0.717, 1.165) is 0 Å². The van der Waals surface area contributed by atoms with Crippen LogP contribution >= 0.6 is 0 Å². The molecule has 1 amide bonds. The van der Waals surface area contributed by atoms with Crippen LogP contribution in [0.5, 0.6) is 17.2 Å². The van der Waals surface area contributed by atoms with Crippen LogP contribution in [0.3, 0.4) is 0 Å². The number of hydrogen-bond acceptors (Lipinski definition) is 5. The van der Waals surface area contributed by atoms with E-state index in [-0.39, 0.29) is 5.91 Å². The topological polar surface area (TPSA) is 82.8 Å². The Hall–Kier alpha value is -1.95. The summed E-state index contributed by atoms with van der Waals surface area (Å²) in [7, 11) is 4.51. The highest BCUT2D eigenvalue weighted by molar-refractivity contribution is 5.96. The molecule has 0 radical (unpaired) electrons. The van der Waals surface area contributed by atoms with E-state index in [1.165, 1.54) is 21.3 Å². The maximum atomic E-state index is 11.6. The Morgan fingerprint density at radius 1 is 1.17 bits per heavy atom. The first-order valence-electron chi connectivity index (χ1n) is 5.40. The summed E-state index contributed by atoms with van der Waals surface area (Å²) >= 11 is 0.